The van der Waals surface area contributed by atoms with Crippen molar-refractivity contribution in [3.8, 4) is 0 Å². The highest BCUT2D eigenvalue weighted by molar-refractivity contribution is 9.10. The molecule has 0 saturated heterocycles. The van der Waals surface area contributed by atoms with E-state index in [0.29, 0.717) is 12.5 Å². The van der Waals surface area contributed by atoms with Crippen molar-refractivity contribution in [3.05, 3.63) is 28.0 Å². The van der Waals surface area contributed by atoms with Crippen LogP contribution in [0.2, 0.25) is 0 Å². The van der Waals surface area contributed by atoms with Crippen molar-refractivity contribution in [2.75, 3.05) is 13.6 Å². The van der Waals surface area contributed by atoms with Crippen LogP contribution in [0.25, 0.3) is 0 Å². The van der Waals surface area contributed by atoms with Gasteiger partial charge in [0.15, 0.2) is 0 Å². The van der Waals surface area contributed by atoms with Gasteiger partial charge in [-0.3, -0.25) is 4.79 Å². The lowest BCUT2D eigenvalue weighted by atomic mass is 10.1. The molecule has 1 aromatic rings. The second kappa shape index (κ2) is 6.85. The fraction of sp³-hybridized carbons (Fsp3) is 0.462. The first kappa shape index (κ1) is 18.1. The number of amides is 1. The zero-order valence-electron chi connectivity index (χ0n) is 12.1. The Morgan fingerprint density at radius 2 is 2.00 bits per heavy atom. The number of carbonyl (C=O) groups is 1. The zero-order valence-corrected chi connectivity index (χ0v) is 14.5. The monoisotopic (exact) mass is 380 g/mol. The summed E-state index contributed by atoms with van der Waals surface area (Å²) in [4.78, 5) is 13.1. The van der Waals surface area contributed by atoms with E-state index in [1.54, 1.807) is 7.05 Å². The van der Waals surface area contributed by atoms with Gasteiger partial charge < -0.3 is 4.90 Å². The first-order valence-corrected chi connectivity index (χ1v) is 8.65. The van der Waals surface area contributed by atoms with E-state index in [-0.39, 0.29) is 10.0 Å². The molecule has 5 nitrogen and oxygen atoms in total. The molecule has 0 heterocycles. The lowest BCUT2D eigenvalue weighted by molar-refractivity contribution is 0.0788. The van der Waals surface area contributed by atoms with Crippen LogP contribution in [0.5, 0.6) is 0 Å². The van der Waals surface area contributed by atoms with Crippen LogP contribution in [-0.4, -0.2) is 32.8 Å². The molecule has 0 aromatic heterocycles. The van der Waals surface area contributed by atoms with Gasteiger partial charge >= 0.3 is 0 Å². The average Bonchev–Trinajstić information content (AvgIpc) is 2.33. The maximum absolute atomic E-state index is 13.6. The number of nitrogens with two attached hydrogens (primary N) is 1. The van der Waals surface area contributed by atoms with Crippen LogP contribution in [0.3, 0.4) is 0 Å². The van der Waals surface area contributed by atoms with Gasteiger partial charge in [0.25, 0.3) is 5.91 Å². The highest BCUT2D eigenvalue weighted by Gasteiger charge is 2.22. The molecule has 21 heavy (non-hydrogen) atoms. The zero-order chi connectivity index (χ0) is 16.4. The van der Waals surface area contributed by atoms with E-state index in [9.17, 15) is 17.6 Å². The highest BCUT2D eigenvalue weighted by atomic mass is 79.9. The predicted molar refractivity (Wildman–Crippen MR) is 81.9 cm³/mol. The fourth-order valence-corrected chi connectivity index (χ4v) is 2.77. The van der Waals surface area contributed by atoms with Crippen LogP contribution in [0, 0.1) is 11.7 Å². The number of carbonyl (C=O) groups excluding carboxylic acids is 1. The van der Waals surface area contributed by atoms with Crippen LogP contribution in [0.1, 0.15) is 30.6 Å². The van der Waals surface area contributed by atoms with Gasteiger partial charge in [-0.25, -0.2) is 17.9 Å². The molecule has 1 rings (SSSR count). The number of primary sulfonamides is 1. The molecule has 0 aliphatic carbocycles. The Hall–Kier alpha value is -0.990. The molecule has 0 unspecified atom stereocenters. The van der Waals surface area contributed by atoms with E-state index in [0.717, 1.165) is 18.6 Å². The Labute approximate surface area is 132 Å². The number of benzene rings is 1. The summed E-state index contributed by atoms with van der Waals surface area (Å²) in [6.07, 6.45) is 0.809. The van der Waals surface area contributed by atoms with E-state index in [4.69, 9.17) is 5.14 Å². The highest BCUT2D eigenvalue weighted by Crippen LogP contribution is 2.25. The quantitative estimate of drug-likeness (QED) is 0.850. The van der Waals surface area contributed by atoms with E-state index in [1.165, 1.54) is 4.90 Å². The summed E-state index contributed by atoms with van der Waals surface area (Å²) in [5.74, 6) is -0.963. The number of sulfonamides is 1. The summed E-state index contributed by atoms with van der Waals surface area (Å²) >= 11 is 3.07. The molecule has 118 valence electrons. The molecule has 0 spiro atoms. The third kappa shape index (κ3) is 4.76. The number of halogens is 2. The van der Waals surface area contributed by atoms with Crippen LogP contribution in [0.4, 0.5) is 4.39 Å². The average molecular weight is 381 g/mol. The smallest absolute Gasteiger partial charge is 0.254 e. The van der Waals surface area contributed by atoms with Gasteiger partial charge in [-0.1, -0.05) is 13.8 Å². The molecular weight excluding hydrogens is 363 g/mol. The topological polar surface area (TPSA) is 80.5 Å². The first-order chi connectivity index (χ1) is 9.54. The Bertz CT molecular complexity index is 647. The van der Waals surface area contributed by atoms with Gasteiger partial charge in [-0.15, -0.1) is 0 Å². The molecule has 0 atom stereocenters. The minimum Gasteiger partial charge on any atom is -0.342 e. The number of hydrogen-bond donors (Lipinski definition) is 1. The summed E-state index contributed by atoms with van der Waals surface area (Å²) in [7, 11) is -2.62. The second-order valence-electron chi connectivity index (χ2n) is 5.22. The number of hydrogen-bond acceptors (Lipinski definition) is 3. The Balaban J connectivity index is 3.16. The third-order valence-electron chi connectivity index (χ3n) is 2.95. The van der Waals surface area contributed by atoms with Crippen LogP contribution < -0.4 is 5.14 Å². The van der Waals surface area contributed by atoms with Gasteiger partial charge in [-0.2, -0.15) is 0 Å². The van der Waals surface area contributed by atoms with Gasteiger partial charge in [0, 0.05) is 18.1 Å². The summed E-state index contributed by atoms with van der Waals surface area (Å²) in [5.41, 5.74) is 0.0617. The molecule has 0 radical (unpaired) electrons. The summed E-state index contributed by atoms with van der Waals surface area (Å²) in [5, 5.41) is 4.94. The molecule has 8 heteroatoms. The van der Waals surface area contributed by atoms with Crippen molar-refractivity contribution in [2.45, 2.75) is 25.2 Å². The van der Waals surface area contributed by atoms with E-state index in [2.05, 4.69) is 15.9 Å². The van der Waals surface area contributed by atoms with Crippen LogP contribution in [0.15, 0.2) is 21.5 Å². The minimum absolute atomic E-state index is 0.0617. The Kier molecular flexibility index (Phi) is 5.89. The second-order valence-corrected chi connectivity index (χ2v) is 7.60. The van der Waals surface area contributed by atoms with Gasteiger partial charge in [-0.05, 0) is 40.4 Å². The molecule has 0 saturated carbocycles. The molecule has 0 bridgehead atoms. The largest absolute Gasteiger partial charge is 0.342 e. The predicted octanol–water partition coefficient (Wildman–Crippen LogP) is 2.35. The van der Waals surface area contributed by atoms with Crippen molar-refractivity contribution >= 4 is 31.9 Å². The van der Waals surface area contributed by atoms with Gasteiger partial charge in [0.2, 0.25) is 10.0 Å². The third-order valence-corrected chi connectivity index (χ3v) is 4.53. The normalized spacial score (nSPS) is 11.8. The molecule has 0 aliphatic heterocycles. The summed E-state index contributed by atoms with van der Waals surface area (Å²) in [6, 6.07) is 1.90. The molecule has 0 fully saturated rings. The van der Waals surface area contributed by atoms with Crippen molar-refractivity contribution in [1.82, 2.24) is 4.90 Å². The van der Waals surface area contributed by atoms with Gasteiger partial charge in [0.1, 0.15) is 10.7 Å². The molecule has 1 amide bonds. The van der Waals surface area contributed by atoms with E-state index in [1.807, 2.05) is 13.8 Å². The summed E-state index contributed by atoms with van der Waals surface area (Å²) in [6.45, 7) is 4.58. The number of nitrogens with zero attached hydrogens (tertiary/aromatic N) is 1. The van der Waals surface area contributed by atoms with E-state index >= 15 is 0 Å². The van der Waals surface area contributed by atoms with Crippen molar-refractivity contribution in [1.29, 1.82) is 0 Å². The molecule has 0 aliphatic rings. The lowest BCUT2D eigenvalue weighted by Gasteiger charge is -2.19. The fourth-order valence-electron chi connectivity index (χ4n) is 1.67. The Morgan fingerprint density at radius 3 is 2.48 bits per heavy atom. The van der Waals surface area contributed by atoms with Crippen molar-refractivity contribution < 1.29 is 17.6 Å². The molecular formula is C13H18BrFN2O3S. The Morgan fingerprint density at radius 1 is 1.43 bits per heavy atom. The SMILES string of the molecule is CC(C)CCN(C)C(=O)c1cc(S(N)(=O)=O)c(F)cc1Br. The van der Waals surface area contributed by atoms with Crippen LogP contribution >= 0.6 is 15.9 Å². The summed E-state index contributed by atoms with van der Waals surface area (Å²) < 4.78 is 36.5. The van der Waals surface area contributed by atoms with Gasteiger partial charge in [0.05, 0.1) is 5.56 Å². The first-order valence-electron chi connectivity index (χ1n) is 6.31. The lowest BCUT2D eigenvalue weighted by Crippen LogP contribution is -2.29. The standard InChI is InChI=1S/C13H18BrFN2O3S/c1-8(2)4-5-17(3)13(18)9-6-12(21(16,19)20)11(15)7-10(9)14/h6-8H,4-5H2,1-3H3,(H2,16,19,20). The van der Waals surface area contributed by atoms with E-state index < -0.39 is 26.6 Å². The maximum Gasteiger partial charge on any atom is 0.254 e. The van der Waals surface area contributed by atoms with Crippen molar-refractivity contribution in [2.24, 2.45) is 11.1 Å². The minimum atomic E-state index is -4.22. The maximum atomic E-state index is 13.6. The molecule has 1 aromatic carbocycles. The van der Waals surface area contributed by atoms with Crippen molar-refractivity contribution in [3.63, 3.8) is 0 Å². The van der Waals surface area contributed by atoms with Crippen LogP contribution in [-0.2, 0) is 10.0 Å². The number of rotatable bonds is 5. The molecule has 2 N–H and O–H groups in total.